The van der Waals surface area contributed by atoms with Gasteiger partial charge in [0.2, 0.25) is 0 Å². The van der Waals surface area contributed by atoms with Crippen LogP contribution in [-0.2, 0) is 13.0 Å². The van der Waals surface area contributed by atoms with Crippen LogP contribution < -0.4 is 0 Å². The molecule has 1 fully saturated rings. The van der Waals surface area contributed by atoms with E-state index in [1.165, 1.54) is 11.1 Å². The van der Waals surface area contributed by atoms with Crippen molar-refractivity contribution in [3.05, 3.63) is 70.2 Å². The smallest absolute Gasteiger partial charge is 0.0474 e. The topological polar surface area (TPSA) is 23.5 Å². The lowest BCUT2D eigenvalue weighted by atomic mass is 9.90. The molecule has 1 saturated heterocycles. The zero-order valence-electron chi connectivity index (χ0n) is 12.7. The van der Waals surface area contributed by atoms with Gasteiger partial charge in [-0.25, -0.2) is 0 Å². The molecule has 22 heavy (non-hydrogen) atoms. The number of aliphatic hydroxyl groups excluding tert-OH is 1. The van der Waals surface area contributed by atoms with Crippen molar-refractivity contribution in [1.82, 2.24) is 4.90 Å². The van der Waals surface area contributed by atoms with Crippen molar-refractivity contribution in [1.29, 1.82) is 0 Å². The third kappa shape index (κ3) is 3.97. The Kier molecular flexibility index (Phi) is 5.29. The highest BCUT2D eigenvalue weighted by Gasteiger charge is 2.32. The van der Waals surface area contributed by atoms with Crippen LogP contribution in [0.5, 0.6) is 0 Å². The second kappa shape index (κ2) is 7.40. The van der Waals surface area contributed by atoms with Gasteiger partial charge in [-0.15, -0.1) is 0 Å². The summed E-state index contributed by atoms with van der Waals surface area (Å²) in [5.41, 5.74) is 2.70. The summed E-state index contributed by atoms with van der Waals surface area (Å²) in [5, 5.41) is 9.72. The van der Waals surface area contributed by atoms with Gasteiger partial charge in [0.15, 0.2) is 0 Å². The average molecular weight is 360 g/mol. The quantitative estimate of drug-likeness (QED) is 0.878. The molecule has 2 aromatic carbocycles. The molecule has 2 aromatic rings. The molecule has 116 valence electrons. The Morgan fingerprint density at radius 2 is 1.68 bits per heavy atom. The first kappa shape index (κ1) is 15.7. The van der Waals surface area contributed by atoms with E-state index in [4.69, 9.17) is 0 Å². The van der Waals surface area contributed by atoms with Crippen LogP contribution in [-0.4, -0.2) is 29.7 Å². The first-order chi connectivity index (χ1) is 10.7. The van der Waals surface area contributed by atoms with Crippen LogP contribution in [0.3, 0.4) is 0 Å². The summed E-state index contributed by atoms with van der Waals surface area (Å²) >= 11 is 3.54. The molecule has 0 aliphatic carbocycles. The summed E-state index contributed by atoms with van der Waals surface area (Å²) in [6.45, 7) is 3.31. The van der Waals surface area contributed by atoms with Gasteiger partial charge in [-0.3, -0.25) is 4.90 Å². The molecule has 2 atom stereocenters. The number of hydrogen-bond donors (Lipinski definition) is 1. The predicted molar refractivity (Wildman–Crippen MR) is 93.6 cm³/mol. The summed E-state index contributed by atoms with van der Waals surface area (Å²) in [4.78, 5) is 2.47. The molecule has 1 aliphatic heterocycles. The number of halogens is 1. The Hall–Kier alpha value is -1.16. The highest BCUT2D eigenvalue weighted by atomic mass is 79.9. The lowest BCUT2D eigenvalue weighted by molar-refractivity contribution is 0.199. The van der Waals surface area contributed by atoms with E-state index in [1.54, 1.807) is 0 Å². The Morgan fingerprint density at radius 3 is 2.41 bits per heavy atom. The van der Waals surface area contributed by atoms with Crippen LogP contribution >= 0.6 is 15.9 Å². The van der Waals surface area contributed by atoms with Crippen molar-refractivity contribution < 1.29 is 5.11 Å². The van der Waals surface area contributed by atoms with Crippen molar-refractivity contribution in [2.45, 2.75) is 13.0 Å². The number of benzene rings is 2. The monoisotopic (exact) mass is 359 g/mol. The molecule has 0 amide bonds. The fourth-order valence-corrected chi connectivity index (χ4v) is 3.86. The Balaban J connectivity index is 1.64. The molecule has 0 radical (unpaired) electrons. The zero-order chi connectivity index (χ0) is 15.4. The summed E-state index contributed by atoms with van der Waals surface area (Å²) in [5.74, 6) is 0.908. The highest BCUT2D eigenvalue weighted by molar-refractivity contribution is 9.10. The third-order valence-corrected chi connectivity index (χ3v) is 5.02. The summed E-state index contributed by atoms with van der Waals surface area (Å²) in [6.07, 6.45) is 1.04. The summed E-state index contributed by atoms with van der Waals surface area (Å²) < 4.78 is 1.13. The average Bonchev–Trinajstić information content (AvgIpc) is 2.90. The van der Waals surface area contributed by atoms with Gasteiger partial charge in [0, 0.05) is 30.7 Å². The van der Waals surface area contributed by atoms with Gasteiger partial charge in [0.1, 0.15) is 0 Å². The molecular formula is C19H22BrNO. The van der Waals surface area contributed by atoms with E-state index >= 15 is 0 Å². The summed E-state index contributed by atoms with van der Waals surface area (Å²) in [7, 11) is 0. The normalized spacial score (nSPS) is 22.1. The van der Waals surface area contributed by atoms with Crippen molar-refractivity contribution in [2.24, 2.45) is 11.8 Å². The molecule has 3 heteroatoms. The van der Waals surface area contributed by atoms with Crippen molar-refractivity contribution in [2.75, 3.05) is 19.7 Å². The molecule has 0 spiro atoms. The zero-order valence-corrected chi connectivity index (χ0v) is 14.2. The van der Waals surface area contributed by atoms with E-state index in [1.807, 2.05) is 0 Å². The minimum Gasteiger partial charge on any atom is -0.396 e. The fraction of sp³-hybridized carbons (Fsp3) is 0.368. The second-order valence-corrected chi connectivity index (χ2v) is 7.13. The van der Waals surface area contributed by atoms with Gasteiger partial charge < -0.3 is 5.11 Å². The number of rotatable bonds is 5. The lowest BCUT2D eigenvalue weighted by Crippen LogP contribution is -2.20. The third-order valence-electron chi connectivity index (χ3n) is 4.52. The van der Waals surface area contributed by atoms with Crippen molar-refractivity contribution >= 4 is 15.9 Å². The molecule has 3 rings (SSSR count). The van der Waals surface area contributed by atoms with Crippen molar-refractivity contribution in [3.8, 4) is 0 Å². The minimum atomic E-state index is 0.282. The van der Waals surface area contributed by atoms with Gasteiger partial charge in [-0.2, -0.15) is 0 Å². The van der Waals surface area contributed by atoms with E-state index in [9.17, 15) is 5.11 Å². The highest BCUT2D eigenvalue weighted by Crippen LogP contribution is 2.28. The van der Waals surface area contributed by atoms with Crippen LogP contribution in [0, 0.1) is 11.8 Å². The Morgan fingerprint density at radius 1 is 0.955 bits per heavy atom. The maximum absolute atomic E-state index is 9.72. The van der Waals surface area contributed by atoms with Gasteiger partial charge in [0.25, 0.3) is 0 Å². The first-order valence-corrected chi connectivity index (χ1v) is 8.65. The fourth-order valence-electron chi connectivity index (χ4n) is 3.41. The van der Waals surface area contributed by atoms with Gasteiger partial charge >= 0.3 is 0 Å². The largest absolute Gasteiger partial charge is 0.396 e. The van der Waals surface area contributed by atoms with Gasteiger partial charge in [-0.05, 0) is 41.5 Å². The Labute approximate surface area is 140 Å². The molecule has 0 saturated carbocycles. The maximum atomic E-state index is 9.72. The van der Waals surface area contributed by atoms with Crippen LogP contribution in [0.1, 0.15) is 11.1 Å². The minimum absolute atomic E-state index is 0.282. The van der Waals surface area contributed by atoms with Crippen LogP contribution in [0.15, 0.2) is 59.1 Å². The number of likely N-dealkylation sites (tertiary alicyclic amines) is 1. The molecular weight excluding hydrogens is 338 g/mol. The number of hydrogen-bond acceptors (Lipinski definition) is 2. The van der Waals surface area contributed by atoms with Gasteiger partial charge in [0.05, 0.1) is 0 Å². The number of nitrogens with zero attached hydrogens (tertiary/aromatic N) is 1. The van der Waals surface area contributed by atoms with Crippen molar-refractivity contribution in [3.63, 3.8) is 0 Å². The molecule has 0 unspecified atom stereocenters. The van der Waals surface area contributed by atoms with E-state index in [2.05, 4.69) is 75.4 Å². The van der Waals surface area contributed by atoms with Gasteiger partial charge in [-0.1, -0.05) is 58.4 Å². The predicted octanol–water partition coefficient (Wildman–Crippen LogP) is 3.73. The summed E-state index contributed by atoms with van der Waals surface area (Å²) in [6, 6.07) is 19.1. The van der Waals surface area contributed by atoms with E-state index in [-0.39, 0.29) is 6.61 Å². The standard InChI is InChI=1S/C19H22BrNO/c20-19-8-4-7-16(10-19)9-17-12-21(13-18(17)14-22)11-15-5-2-1-3-6-15/h1-8,10,17-18,22H,9,11-14H2/t17-,18+/m0/s1. The SMILES string of the molecule is OC[C@H]1CN(Cc2ccccc2)C[C@@H]1Cc1cccc(Br)c1. The number of aliphatic hydroxyl groups is 1. The van der Waals surface area contributed by atoms with Crippen LogP contribution in [0.4, 0.5) is 0 Å². The molecule has 1 N–H and O–H groups in total. The molecule has 1 aliphatic rings. The van der Waals surface area contributed by atoms with Crippen LogP contribution in [0.25, 0.3) is 0 Å². The molecule has 1 heterocycles. The molecule has 0 aromatic heterocycles. The first-order valence-electron chi connectivity index (χ1n) is 7.86. The van der Waals surface area contributed by atoms with E-state index < -0.39 is 0 Å². The lowest BCUT2D eigenvalue weighted by Gasteiger charge is -2.16. The Bertz CT molecular complexity index is 601. The van der Waals surface area contributed by atoms with E-state index in [0.29, 0.717) is 11.8 Å². The second-order valence-electron chi connectivity index (χ2n) is 6.22. The van der Waals surface area contributed by atoms with E-state index in [0.717, 1.165) is 30.5 Å². The van der Waals surface area contributed by atoms with Crippen LogP contribution in [0.2, 0.25) is 0 Å². The maximum Gasteiger partial charge on any atom is 0.0474 e. The molecule has 0 bridgehead atoms. The molecule has 2 nitrogen and oxygen atoms in total.